The summed E-state index contributed by atoms with van der Waals surface area (Å²) in [4.78, 5) is 37.7. The lowest BCUT2D eigenvalue weighted by molar-refractivity contribution is -0.167. The van der Waals surface area contributed by atoms with Crippen molar-refractivity contribution in [2.45, 2.75) is 259 Å². The van der Waals surface area contributed by atoms with Crippen LogP contribution in [0.1, 0.15) is 253 Å². The minimum atomic E-state index is -0.760. The van der Waals surface area contributed by atoms with Crippen molar-refractivity contribution in [3.05, 3.63) is 0 Å². The van der Waals surface area contributed by atoms with Gasteiger partial charge in [-0.1, -0.05) is 214 Å². The number of esters is 3. The van der Waals surface area contributed by atoms with Gasteiger partial charge < -0.3 is 14.2 Å². The molecule has 0 heterocycles. The summed E-state index contributed by atoms with van der Waals surface area (Å²) in [5.41, 5.74) is 0. The molecule has 0 amide bonds. The molecule has 314 valence electrons. The highest BCUT2D eigenvalue weighted by molar-refractivity contribution is 5.71. The lowest BCUT2D eigenvalue weighted by Gasteiger charge is -2.18. The zero-order chi connectivity index (χ0) is 39.0. The Kier molecular flexibility index (Phi) is 38.9. The van der Waals surface area contributed by atoms with Gasteiger partial charge in [-0.25, -0.2) is 0 Å². The zero-order valence-electron chi connectivity index (χ0n) is 36.1. The molecule has 6 nitrogen and oxygen atoms in total. The molecule has 0 fully saturated rings. The minimum absolute atomic E-state index is 0.0651. The van der Waals surface area contributed by atoms with Crippen molar-refractivity contribution in [2.75, 3.05) is 13.2 Å². The van der Waals surface area contributed by atoms with Gasteiger partial charge in [-0.05, 0) is 31.1 Å². The summed E-state index contributed by atoms with van der Waals surface area (Å²) in [6.45, 7) is 11.3. The van der Waals surface area contributed by atoms with Gasteiger partial charge in [-0.15, -0.1) is 0 Å². The van der Waals surface area contributed by atoms with Crippen molar-refractivity contribution in [1.82, 2.24) is 0 Å². The Hall–Kier alpha value is -1.59. The van der Waals surface area contributed by atoms with E-state index in [0.717, 1.165) is 69.6 Å². The van der Waals surface area contributed by atoms with E-state index in [-0.39, 0.29) is 31.1 Å². The lowest BCUT2D eigenvalue weighted by atomic mass is 9.99. The first-order valence-corrected chi connectivity index (χ1v) is 23.3. The van der Waals surface area contributed by atoms with Crippen LogP contribution in [0.15, 0.2) is 0 Å². The van der Waals surface area contributed by atoms with E-state index in [1.54, 1.807) is 0 Å². The Bertz CT molecular complexity index is 811. The molecule has 0 aromatic carbocycles. The fourth-order valence-electron chi connectivity index (χ4n) is 6.90. The van der Waals surface area contributed by atoms with Crippen LogP contribution in [0.3, 0.4) is 0 Å². The van der Waals surface area contributed by atoms with E-state index < -0.39 is 6.10 Å². The van der Waals surface area contributed by atoms with Crippen molar-refractivity contribution >= 4 is 17.9 Å². The first kappa shape index (κ1) is 51.4. The summed E-state index contributed by atoms with van der Waals surface area (Å²) in [5.74, 6) is 0.795. The molecule has 0 saturated heterocycles. The average Bonchev–Trinajstić information content (AvgIpc) is 3.14. The first-order valence-electron chi connectivity index (χ1n) is 23.3. The average molecular weight is 751 g/mol. The molecule has 0 aliphatic rings. The maximum Gasteiger partial charge on any atom is 0.306 e. The van der Waals surface area contributed by atoms with Crippen molar-refractivity contribution in [3.8, 4) is 0 Å². The molecule has 53 heavy (non-hydrogen) atoms. The Morgan fingerprint density at radius 1 is 0.396 bits per heavy atom. The van der Waals surface area contributed by atoms with E-state index in [2.05, 4.69) is 34.6 Å². The molecule has 0 bridgehead atoms. The van der Waals surface area contributed by atoms with Crippen LogP contribution in [0, 0.1) is 11.8 Å². The summed E-state index contributed by atoms with van der Waals surface area (Å²) in [6.07, 6.45) is 37.9. The van der Waals surface area contributed by atoms with E-state index in [1.165, 1.54) is 141 Å². The van der Waals surface area contributed by atoms with Crippen molar-refractivity contribution in [3.63, 3.8) is 0 Å². The van der Waals surface area contributed by atoms with Crippen molar-refractivity contribution in [1.29, 1.82) is 0 Å². The largest absolute Gasteiger partial charge is 0.462 e. The molecule has 6 heteroatoms. The number of ether oxygens (including phenoxy) is 3. The predicted molar refractivity (Wildman–Crippen MR) is 224 cm³/mol. The third-order valence-corrected chi connectivity index (χ3v) is 10.8. The Labute approximate surface area is 329 Å². The lowest BCUT2D eigenvalue weighted by Crippen LogP contribution is -2.30. The van der Waals surface area contributed by atoms with E-state index in [0.29, 0.717) is 19.3 Å². The summed E-state index contributed by atoms with van der Waals surface area (Å²) in [5, 5.41) is 0. The summed E-state index contributed by atoms with van der Waals surface area (Å²) >= 11 is 0. The monoisotopic (exact) mass is 751 g/mol. The standard InChI is InChI=1S/C47H90O6/c1-6-8-9-10-11-12-13-16-22-27-32-37-45(48)51-40-44(53-47(50)39-34-29-24-19-18-21-26-31-36-43(5)7-2)41-52-46(49)38-33-28-23-17-14-15-20-25-30-35-42(3)4/h42-44H,6-41H2,1-5H3/t43?,44-/m0/s1. The molecule has 0 radical (unpaired) electrons. The number of carbonyl (C=O) groups is 3. The Balaban J connectivity index is 4.35. The van der Waals surface area contributed by atoms with Crippen LogP contribution in [0.25, 0.3) is 0 Å². The van der Waals surface area contributed by atoms with E-state index in [1.807, 2.05) is 0 Å². The number of hydrogen-bond acceptors (Lipinski definition) is 6. The number of carbonyl (C=O) groups excluding carboxylic acids is 3. The highest BCUT2D eigenvalue weighted by Gasteiger charge is 2.19. The Morgan fingerprint density at radius 2 is 0.717 bits per heavy atom. The normalized spacial score (nSPS) is 12.6. The molecule has 0 spiro atoms. The van der Waals surface area contributed by atoms with Crippen LogP contribution in [0.4, 0.5) is 0 Å². The summed E-state index contributed by atoms with van der Waals surface area (Å²) in [6, 6.07) is 0. The second-order valence-electron chi connectivity index (χ2n) is 16.8. The fourth-order valence-corrected chi connectivity index (χ4v) is 6.90. The van der Waals surface area contributed by atoms with Crippen LogP contribution in [0.5, 0.6) is 0 Å². The summed E-state index contributed by atoms with van der Waals surface area (Å²) in [7, 11) is 0. The second-order valence-corrected chi connectivity index (χ2v) is 16.8. The van der Waals surface area contributed by atoms with E-state index in [4.69, 9.17) is 14.2 Å². The van der Waals surface area contributed by atoms with Crippen LogP contribution in [-0.2, 0) is 28.6 Å². The second kappa shape index (κ2) is 40.1. The van der Waals surface area contributed by atoms with Gasteiger partial charge in [0.1, 0.15) is 13.2 Å². The molecule has 0 aliphatic carbocycles. The predicted octanol–water partition coefficient (Wildman–Crippen LogP) is 14.6. The quantitative estimate of drug-likeness (QED) is 0.0352. The maximum atomic E-state index is 12.7. The Morgan fingerprint density at radius 3 is 1.08 bits per heavy atom. The molecule has 1 unspecified atom stereocenters. The van der Waals surface area contributed by atoms with Crippen molar-refractivity contribution in [2.24, 2.45) is 11.8 Å². The third-order valence-electron chi connectivity index (χ3n) is 10.8. The molecule has 0 saturated carbocycles. The van der Waals surface area contributed by atoms with Gasteiger partial charge >= 0.3 is 17.9 Å². The van der Waals surface area contributed by atoms with Crippen LogP contribution in [0.2, 0.25) is 0 Å². The van der Waals surface area contributed by atoms with E-state index in [9.17, 15) is 14.4 Å². The molecule has 0 aromatic rings. The van der Waals surface area contributed by atoms with E-state index >= 15 is 0 Å². The molecule has 0 N–H and O–H groups in total. The number of hydrogen-bond donors (Lipinski definition) is 0. The number of unbranched alkanes of at least 4 members (excludes halogenated alkanes) is 25. The SMILES string of the molecule is CCCCCCCCCCCCCC(=O)OC[C@@H](COC(=O)CCCCCCCCCCCC(C)C)OC(=O)CCCCCCCCCCC(C)CC. The smallest absolute Gasteiger partial charge is 0.306 e. The van der Waals surface area contributed by atoms with Gasteiger partial charge in [-0.3, -0.25) is 14.4 Å². The highest BCUT2D eigenvalue weighted by atomic mass is 16.6. The molecule has 2 atom stereocenters. The van der Waals surface area contributed by atoms with Gasteiger partial charge in [0, 0.05) is 19.3 Å². The third kappa shape index (κ3) is 39.9. The van der Waals surface area contributed by atoms with Crippen LogP contribution < -0.4 is 0 Å². The van der Waals surface area contributed by atoms with Gasteiger partial charge in [-0.2, -0.15) is 0 Å². The summed E-state index contributed by atoms with van der Waals surface area (Å²) < 4.78 is 16.7. The van der Waals surface area contributed by atoms with Crippen LogP contribution in [-0.4, -0.2) is 37.2 Å². The van der Waals surface area contributed by atoms with Gasteiger partial charge in [0.05, 0.1) is 0 Å². The van der Waals surface area contributed by atoms with Gasteiger partial charge in [0.2, 0.25) is 0 Å². The highest BCUT2D eigenvalue weighted by Crippen LogP contribution is 2.17. The minimum Gasteiger partial charge on any atom is -0.462 e. The van der Waals surface area contributed by atoms with Gasteiger partial charge in [0.15, 0.2) is 6.10 Å². The number of rotatable bonds is 41. The van der Waals surface area contributed by atoms with Crippen molar-refractivity contribution < 1.29 is 28.6 Å². The topological polar surface area (TPSA) is 78.9 Å². The molecule has 0 aromatic heterocycles. The molecule has 0 aliphatic heterocycles. The molecular formula is C47H90O6. The molecular weight excluding hydrogens is 661 g/mol. The van der Waals surface area contributed by atoms with Crippen LogP contribution >= 0.6 is 0 Å². The molecule has 0 rings (SSSR count). The van der Waals surface area contributed by atoms with Gasteiger partial charge in [0.25, 0.3) is 0 Å². The maximum absolute atomic E-state index is 12.7. The zero-order valence-corrected chi connectivity index (χ0v) is 36.1. The fraction of sp³-hybridized carbons (Fsp3) is 0.936. The first-order chi connectivity index (χ1) is 25.8.